The third-order valence-corrected chi connectivity index (χ3v) is 8.40. The molecule has 1 fully saturated rings. The van der Waals surface area contributed by atoms with E-state index in [9.17, 15) is 22.8 Å². The van der Waals surface area contributed by atoms with Gasteiger partial charge in [-0.25, -0.2) is 8.42 Å². The van der Waals surface area contributed by atoms with Crippen LogP contribution in [0.15, 0.2) is 77.7 Å². The molecule has 6 nitrogen and oxygen atoms in total. The number of sulfone groups is 1. The van der Waals surface area contributed by atoms with E-state index in [0.717, 1.165) is 0 Å². The van der Waals surface area contributed by atoms with Crippen molar-refractivity contribution in [1.29, 1.82) is 0 Å². The van der Waals surface area contributed by atoms with E-state index in [2.05, 4.69) is 5.32 Å². The first kappa shape index (κ1) is 19.4. The molecule has 1 amide bonds. The van der Waals surface area contributed by atoms with Gasteiger partial charge in [0, 0.05) is 16.7 Å². The van der Waals surface area contributed by atoms with Crippen molar-refractivity contribution in [2.24, 2.45) is 0 Å². The van der Waals surface area contributed by atoms with Gasteiger partial charge in [-0.05, 0) is 31.0 Å². The first-order valence-corrected chi connectivity index (χ1v) is 11.3. The fourth-order valence-corrected chi connectivity index (χ4v) is 5.94. The zero-order valence-electron chi connectivity index (χ0n) is 16.3. The fraction of sp³-hybridized carbons (Fsp3) is 0.125. The number of amides is 1. The molecule has 31 heavy (non-hydrogen) atoms. The van der Waals surface area contributed by atoms with Gasteiger partial charge in [0.25, 0.3) is 0 Å². The molecule has 2 aliphatic carbocycles. The molecule has 5 rings (SSSR count). The summed E-state index contributed by atoms with van der Waals surface area (Å²) in [6.45, 7) is 0. The van der Waals surface area contributed by atoms with Gasteiger partial charge in [0.15, 0.2) is 26.2 Å². The molecule has 1 N–H and O–H groups in total. The second-order valence-electron chi connectivity index (χ2n) is 7.70. The van der Waals surface area contributed by atoms with Gasteiger partial charge in [0.2, 0.25) is 5.91 Å². The minimum absolute atomic E-state index is 0.0814. The molecule has 0 heterocycles. The fourth-order valence-electron chi connectivity index (χ4n) is 4.04. The number of hydrogen-bond acceptors (Lipinski definition) is 5. The second kappa shape index (κ2) is 6.72. The maximum absolute atomic E-state index is 13.1. The standard InChI is InChI=1S/C24H17NO5S/c26-21-16-9-4-5-10-17(16)22(27)20-18(21)11-6-12-19(20)25-23(28)24(13-14-24)31(29,30)15-7-2-1-3-8-15/h1-12H,13-14H2,(H,25,28). The molecule has 7 heteroatoms. The van der Waals surface area contributed by atoms with Crippen molar-refractivity contribution in [2.45, 2.75) is 22.5 Å². The molecular weight excluding hydrogens is 414 g/mol. The van der Waals surface area contributed by atoms with Gasteiger partial charge in [-0.3, -0.25) is 14.4 Å². The number of benzene rings is 3. The summed E-state index contributed by atoms with van der Waals surface area (Å²) in [5, 5.41) is 2.64. The smallest absolute Gasteiger partial charge is 0.246 e. The topological polar surface area (TPSA) is 97.4 Å². The van der Waals surface area contributed by atoms with E-state index in [1.165, 1.54) is 24.3 Å². The van der Waals surface area contributed by atoms with Crippen LogP contribution in [-0.2, 0) is 14.6 Å². The third kappa shape index (κ3) is 2.77. The van der Waals surface area contributed by atoms with Crippen molar-refractivity contribution in [3.8, 4) is 0 Å². The molecule has 0 saturated heterocycles. The Kier molecular flexibility index (Phi) is 4.20. The lowest BCUT2D eigenvalue weighted by atomic mass is 9.83. The lowest BCUT2D eigenvalue weighted by molar-refractivity contribution is -0.116. The van der Waals surface area contributed by atoms with Gasteiger partial charge in [0.1, 0.15) is 0 Å². The number of carbonyl (C=O) groups is 3. The summed E-state index contributed by atoms with van der Waals surface area (Å²) in [4.78, 5) is 39.2. The van der Waals surface area contributed by atoms with Gasteiger partial charge in [0.05, 0.1) is 16.1 Å². The van der Waals surface area contributed by atoms with Crippen LogP contribution in [0.25, 0.3) is 0 Å². The predicted octanol–water partition coefficient (Wildman–Crippen LogP) is 3.41. The molecule has 0 spiro atoms. The zero-order chi connectivity index (χ0) is 21.8. The second-order valence-corrected chi connectivity index (χ2v) is 9.96. The highest BCUT2D eigenvalue weighted by Crippen LogP contribution is 2.48. The molecule has 1 saturated carbocycles. The van der Waals surface area contributed by atoms with Gasteiger partial charge >= 0.3 is 0 Å². The van der Waals surface area contributed by atoms with Crippen LogP contribution in [0.5, 0.6) is 0 Å². The molecule has 0 bridgehead atoms. The monoisotopic (exact) mass is 431 g/mol. The highest BCUT2D eigenvalue weighted by Gasteiger charge is 2.61. The van der Waals surface area contributed by atoms with Crippen molar-refractivity contribution in [3.63, 3.8) is 0 Å². The average Bonchev–Trinajstić information content (AvgIpc) is 3.61. The molecule has 0 aliphatic heterocycles. The highest BCUT2D eigenvalue weighted by atomic mass is 32.2. The quantitative estimate of drug-likeness (QED) is 0.534. The molecular formula is C24H17NO5S. The van der Waals surface area contributed by atoms with Crippen LogP contribution in [0.1, 0.15) is 44.7 Å². The van der Waals surface area contributed by atoms with E-state index in [0.29, 0.717) is 5.56 Å². The highest BCUT2D eigenvalue weighted by molar-refractivity contribution is 7.94. The van der Waals surface area contributed by atoms with Gasteiger partial charge in [-0.15, -0.1) is 0 Å². The Bertz CT molecular complexity index is 1370. The Morgan fingerprint density at radius 1 is 0.742 bits per heavy atom. The van der Waals surface area contributed by atoms with E-state index in [-0.39, 0.29) is 51.7 Å². The van der Waals surface area contributed by atoms with Crippen LogP contribution < -0.4 is 5.32 Å². The summed E-state index contributed by atoms with van der Waals surface area (Å²) in [5.41, 5.74) is 1.00. The maximum atomic E-state index is 13.1. The Morgan fingerprint density at radius 2 is 1.32 bits per heavy atom. The largest absolute Gasteiger partial charge is 0.324 e. The Balaban J connectivity index is 1.53. The van der Waals surface area contributed by atoms with Crippen molar-refractivity contribution >= 4 is 33.0 Å². The van der Waals surface area contributed by atoms with Crippen LogP contribution in [0, 0.1) is 0 Å². The number of anilines is 1. The van der Waals surface area contributed by atoms with E-state index in [1.807, 2.05) is 0 Å². The molecule has 0 atom stereocenters. The van der Waals surface area contributed by atoms with Gasteiger partial charge in [-0.2, -0.15) is 0 Å². The van der Waals surface area contributed by atoms with Crippen molar-refractivity contribution in [2.75, 3.05) is 5.32 Å². The normalized spacial score (nSPS) is 16.3. The summed E-state index contributed by atoms with van der Waals surface area (Å²) in [6, 6.07) is 19.0. The molecule has 0 aromatic heterocycles. The molecule has 0 unspecified atom stereocenters. The average molecular weight is 431 g/mol. The summed E-state index contributed by atoms with van der Waals surface area (Å²) in [5.74, 6) is -1.37. The van der Waals surface area contributed by atoms with E-state index < -0.39 is 20.5 Å². The third-order valence-electron chi connectivity index (χ3n) is 5.89. The lowest BCUT2D eigenvalue weighted by Crippen LogP contribution is -2.38. The van der Waals surface area contributed by atoms with Gasteiger partial charge in [-0.1, -0.05) is 54.6 Å². The van der Waals surface area contributed by atoms with Crippen LogP contribution >= 0.6 is 0 Å². The summed E-state index contributed by atoms with van der Waals surface area (Å²) in [6.07, 6.45) is 0.390. The molecule has 0 radical (unpaired) electrons. The number of hydrogen-bond donors (Lipinski definition) is 1. The van der Waals surface area contributed by atoms with Crippen molar-refractivity contribution in [1.82, 2.24) is 0 Å². The van der Waals surface area contributed by atoms with Crippen LogP contribution in [-0.4, -0.2) is 30.6 Å². The number of carbonyl (C=O) groups excluding carboxylic acids is 3. The van der Waals surface area contributed by atoms with Crippen molar-refractivity contribution < 1.29 is 22.8 Å². The molecule has 2 aliphatic rings. The molecule has 3 aromatic rings. The Labute approximate surface area is 178 Å². The Hall–Kier alpha value is -3.58. The van der Waals surface area contributed by atoms with Crippen LogP contribution in [0.4, 0.5) is 5.69 Å². The number of ketones is 2. The minimum atomic E-state index is -3.90. The predicted molar refractivity (Wildman–Crippen MR) is 114 cm³/mol. The summed E-state index contributed by atoms with van der Waals surface area (Å²) >= 11 is 0. The van der Waals surface area contributed by atoms with Crippen LogP contribution in [0.2, 0.25) is 0 Å². The minimum Gasteiger partial charge on any atom is -0.324 e. The first-order chi connectivity index (χ1) is 14.9. The SMILES string of the molecule is O=C1c2ccccc2C(=O)c2c(NC(=O)C3(S(=O)(=O)c4ccccc4)CC3)cccc21. The van der Waals surface area contributed by atoms with Gasteiger partial charge < -0.3 is 5.32 Å². The summed E-state index contributed by atoms with van der Waals surface area (Å²) < 4.78 is 24.7. The van der Waals surface area contributed by atoms with Crippen LogP contribution in [0.3, 0.4) is 0 Å². The lowest BCUT2D eigenvalue weighted by Gasteiger charge is -2.22. The van der Waals surface area contributed by atoms with E-state index in [4.69, 9.17) is 0 Å². The first-order valence-electron chi connectivity index (χ1n) is 9.79. The number of fused-ring (bicyclic) bond motifs is 2. The summed E-state index contributed by atoms with van der Waals surface area (Å²) in [7, 11) is -3.90. The van der Waals surface area contributed by atoms with Crippen molar-refractivity contribution in [3.05, 3.63) is 95.1 Å². The number of rotatable bonds is 4. The zero-order valence-corrected chi connectivity index (χ0v) is 17.1. The Morgan fingerprint density at radius 3 is 1.97 bits per heavy atom. The maximum Gasteiger partial charge on any atom is 0.246 e. The number of nitrogens with one attached hydrogen (secondary N) is 1. The molecule has 3 aromatic carbocycles. The molecule has 154 valence electrons. The van der Waals surface area contributed by atoms with E-state index >= 15 is 0 Å². The van der Waals surface area contributed by atoms with E-state index in [1.54, 1.807) is 48.5 Å².